The van der Waals surface area contributed by atoms with Crippen molar-refractivity contribution in [1.29, 1.82) is 0 Å². The van der Waals surface area contributed by atoms with E-state index in [9.17, 15) is 0 Å². The topological polar surface area (TPSA) is 51.6 Å². The average molecular weight is 258 g/mol. The molecular weight excluding hydrogens is 248 g/mol. The van der Waals surface area contributed by atoms with Crippen LogP contribution in [-0.2, 0) is 0 Å². The van der Waals surface area contributed by atoms with Crippen LogP contribution in [0.1, 0.15) is 0 Å². The van der Waals surface area contributed by atoms with Gasteiger partial charge in [-0.2, -0.15) is 0 Å². The first-order valence-electron chi connectivity index (χ1n) is 6.34. The van der Waals surface area contributed by atoms with E-state index in [-0.39, 0.29) is 0 Å². The van der Waals surface area contributed by atoms with Crippen molar-refractivity contribution in [3.63, 3.8) is 0 Å². The van der Waals surface area contributed by atoms with Gasteiger partial charge in [0.25, 0.3) is 0 Å². The smallest absolute Gasteiger partial charge is 0.159 e. The van der Waals surface area contributed by atoms with E-state index in [0.717, 1.165) is 33.5 Å². The number of hydrogen-bond acceptors (Lipinski definition) is 4. The monoisotopic (exact) mass is 258 g/mol. The van der Waals surface area contributed by atoms with Gasteiger partial charge in [0.05, 0.1) is 11.4 Å². The third-order valence-corrected chi connectivity index (χ3v) is 3.19. The first kappa shape index (κ1) is 11.0. The van der Waals surface area contributed by atoms with E-state index in [1.165, 1.54) is 0 Å². The summed E-state index contributed by atoms with van der Waals surface area (Å²) in [6, 6.07) is 15.7. The predicted molar refractivity (Wildman–Crippen MR) is 78.1 cm³/mol. The maximum absolute atomic E-state index is 4.55. The number of pyridine rings is 4. The molecule has 0 unspecified atom stereocenters. The van der Waals surface area contributed by atoms with Crippen LogP contribution >= 0.6 is 0 Å². The van der Waals surface area contributed by atoms with Crippen LogP contribution in [0.5, 0.6) is 0 Å². The van der Waals surface area contributed by atoms with E-state index in [4.69, 9.17) is 0 Å². The highest BCUT2D eigenvalue weighted by atomic mass is 14.9. The molecule has 0 radical (unpaired) electrons. The Hall–Kier alpha value is -2.88. The summed E-state index contributed by atoms with van der Waals surface area (Å²) in [7, 11) is 0. The van der Waals surface area contributed by atoms with Gasteiger partial charge in [-0.1, -0.05) is 0 Å². The van der Waals surface area contributed by atoms with Gasteiger partial charge in [0.15, 0.2) is 11.3 Å². The highest BCUT2D eigenvalue weighted by Gasteiger charge is 2.05. The maximum atomic E-state index is 4.55. The lowest BCUT2D eigenvalue weighted by Crippen LogP contribution is -1.91. The van der Waals surface area contributed by atoms with Gasteiger partial charge >= 0.3 is 0 Å². The SMILES string of the molecule is c1cnc2nc(-c3ccc4cccnc4n3)ccc2c1. The Bertz CT molecular complexity index is 841. The van der Waals surface area contributed by atoms with Gasteiger partial charge in [0, 0.05) is 23.2 Å². The number of nitrogens with zero attached hydrogens (tertiary/aromatic N) is 4. The van der Waals surface area contributed by atoms with E-state index in [2.05, 4.69) is 19.9 Å². The molecule has 4 aromatic rings. The Kier molecular flexibility index (Phi) is 2.39. The lowest BCUT2D eigenvalue weighted by molar-refractivity contribution is 1.24. The first-order chi connectivity index (χ1) is 9.90. The predicted octanol–water partition coefficient (Wildman–Crippen LogP) is 3.24. The minimum atomic E-state index is 0.730. The molecule has 94 valence electrons. The molecule has 0 atom stereocenters. The van der Waals surface area contributed by atoms with Gasteiger partial charge in [0.1, 0.15) is 0 Å². The molecule has 0 bridgehead atoms. The summed E-state index contributed by atoms with van der Waals surface area (Å²) in [6.07, 6.45) is 3.49. The van der Waals surface area contributed by atoms with Crippen LogP contribution in [0.4, 0.5) is 0 Å². The summed E-state index contributed by atoms with van der Waals surface area (Å²) in [5.41, 5.74) is 3.08. The second kappa shape index (κ2) is 4.35. The molecule has 20 heavy (non-hydrogen) atoms. The van der Waals surface area contributed by atoms with Crippen molar-refractivity contribution in [3.05, 3.63) is 60.9 Å². The third kappa shape index (κ3) is 1.78. The van der Waals surface area contributed by atoms with E-state index in [1.807, 2.05) is 48.5 Å². The molecule has 0 spiro atoms. The summed E-state index contributed by atoms with van der Waals surface area (Å²) in [4.78, 5) is 17.7. The van der Waals surface area contributed by atoms with Gasteiger partial charge in [-0.3, -0.25) is 0 Å². The normalized spacial score (nSPS) is 11.0. The van der Waals surface area contributed by atoms with Crippen molar-refractivity contribution in [2.24, 2.45) is 0 Å². The van der Waals surface area contributed by atoms with Crippen molar-refractivity contribution in [1.82, 2.24) is 19.9 Å². The molecule has 0 saturated carbocycles. The van der Waals surface area contributed by atoms with Gasteiger partial charge in [-0.15, -0.1) is 0 Å². The van der Waals surface area contributed by atoms with Crippen LogP contribution in [0.15, 0.2) is 60.9 Å². The minimum Gasteiger partial charge on any atom is -0.237 e. The van der Waals surface area contributed by atoms with E-state index < -0.39 is 0 Å². The summed E-state index contributed by atoms with van der Waals surface area (Å²) >= 11 is 0. The summed E-state index contributed by atoms with van der Waals surface area (Å²) in [5, 5.41) is 2.05. The van der Waals surface area contributed by atoms with Crippen molar-refractivity contribution in [3.8, 4) is 11.4 Å². The van der Waals surface area contributed by atoms with Crippen LogP contribution < -0.4 is 0 Å². The molecule has 0 fully saturated rings. The molecule has 4 rings (SSSR count). The van der Waals surface area contributed by atoms with Gasteiger partial charge in [-0.25, -0.2) is 19.9 Å². The second-order valence-electron chi connectivity index (χ2n) is 4.49. The van der Waals surface area contributed by atoms with Gasteiger partial charge in [0.2, 0.25) is 0 Å². The Morgan fingerprint density at radius 2 is 1.05 bits per heavy atom. The minimum absolute atomic E-state index is 0.730. The zero-order valence-electron chi connectivity index (χ0n) is 10.6. The average Bonchev–Trinajstić information content (AvgIpc) is 2.54. The fourth-order valence-electron chi connectivity index (χ4n) is 2.19. The van der Waals surface area contributed by atoms with Crippen LogP contribution in [0.2, 0.25) is 0 Å². The highest BCUT2D eigenvalue weighted by molar-refractivity contribution is 5.80. The van der Waals surface area contributed by atoms with Crippen LogP contribution in [0.25, 0.3) is 33.5 Å². The Morgan fingerprint density at radius 1 is 0.550 bits per heavy atom. The van der Waals surface area contributed by atoms with Gasteiger partial charge in [-0.05, 0) is 48.5 Å². The number of fused-ring (bicyclic) bond motifs is 2. The van der Waals surface area contributed by atoms with Gasteiger partial charge < -0.3 is 0 Å². The fourth-order valence-corrected chi connectivity index (χ4v) is 2.19. The molecule has 0 aliphatic rings. The maximum Gasteiger partial charge on any atom is 0.159 e. The molecule has 4 nitrogen and oxygen atoms in total. The second-order valence-corrected chi connectivity index (χ2v) is 4.49. The highest BCUT2D eigenvalue weighted by Crippen LogP contribution is 2.20. The van der Waals surface area contributed by atoms with Crippen molar-refractivity contribution in [2.45, 2.75) is 0 Å². The van der Waals surface area contributed by atoms with Crippen LogP contribution in [0, 0.1) is 0 Å². The fraction of sp³-hybridized carbons (Fsp3) is 0. The lowest BCUT2D eigenvalue weighted by Gasteiger charge is -2.03. The lowest BCUT2D eigenvalue weighted by atomic mass is 10.2. The molecule has 0 aliphatic heterocycles. The molecule has 0 aliphatic carbocycles. The molecule has 0 saturated heterocycles. The van der Waals surface area contributed by atoms with Crippen molar-refractivity contribution < 1.29 is 0 Å². The molecule has 0 N–H and O–H groups in total. The quantitative estimate of drug-likeness (QED) is 0.526. The third-order valence-electron chi connectivity index (χ3n) is 3.19. The molecule has 4 heteroatoms. The summed E-state index contributed by atoms with van der Waals surface area (Å²) in [5.74, 6) is 0. The molecule has 0 amide bonds. The molecular formula is C16H10N4. The molecule has 0 aromatic carbocycles. The molecule has 4 heterocycles. The standard InChI is InChI=1S/C16H10N4/c1-3-11-5-7-13(19-15(11)17-9-1)14-8-6-12-4-2-10-18-16(12)20-14/h1-10H. The Labute approximate surface area is 115 Å². The zero-order chi connectivity index (χ0) is 13.4. The van der Waals surface area contributed by atoms with Crippen LogP contribution in [-0.4, -0.2) is 19.9 Å². The number of aromatic nitrogens is 4. The van der Waals surface area contributed by atoms with Crippen LogP contribution in [0.3, 0.4) is 0 Å². The summed E-state index contributed by atoms with van der Waals surface area (Å²) in [6.45, 7) is 0. The molecule has 4 aromatic heterocycles. The van der Waals surface area contributed by atoms with Crippen molar-refractivity contribution >= 4 is 22.1 Å². The summed E-state index contributed by atoms with van der Waals surface area (Å²) < 4.78 is 0. The first-order valence-corrected chi connectivity index (χ1v) is 6.34. The zero-order valence-corrected chi connectivity index (χ0v) is 10.6. The largest absolute Gasteiger partial charge is 0.237 e. The number of hydrogen-bond donors (Lipinski definition) is 0. The Morgan fingerprint density at radius 3 is 1.55 bits per heavy atom. The number of rotatable bonds is 1. The van der Waals surface area contributed by atoms with E-state index in [1.54, 1.807) is 12.4 Å². The van der Waals surface area contributed by atoms with Crippen molar-refractivity contribution in [2.75, 3.05) is 0 Å². The Balaban J connectivity index is 1.91. The van der Waals surface area contributed by atoms with E-state index >= 15 is 0 Å². The van der Waals surface area contributed by atoms with E-state index in [0.29, 0.717) is 0 Å².